The van der Waals surface area contributed by atoms with Crippen LogP contribution in [0.2, 0.25) is 0 Å². The van der Waals surface area contributed by atoms with Crippen molar-refractivity contribution in [3.63, 3.8) is 0 Å². The highest BCUT2D eigenvalue weighted by atomic mass is 35.5. The van der Waals surface area contributed by atoms with Crippen LogP contribution < -0.4 is 15.8 Å². The average Bonchev–Trinajstić information content (AvgIpc) is 3.05. The van der Waals surface area contributed by atoms with Crippen LogP contribution in [0.3, 0.4) is 0 Å². The van der Waals surface area contributed by atoms with Crippen LogP contribution in [0.1, 0.15) is 23.4 Å². The number of nitrogens with two attached hydrogens (primary N) is 1. The van der Waals surface area contributed by atoms with Gasteiger partial charge < -0.3 is 15.8 Å². The molecule has 26 heavy (non-hydrogen) atoms. The number of halogens is 1. The molecule has 1 amide bonds. The predicted molar refractivity (Wildman–Crippen MR) is 102 cm³/mol. The summed E-state index contributed by atoms with van der Waals surface area (Å²) in [5.41, 5.74) is 9.72. The van der Waals surface area contributed by atoms with Crippen molar-refractivity contribution in [2.75, 3.05) is 18.2 Å². The van der Waals surface area contributed by atoms with E-state index in [-0.39, 0.29) is 18.3 Å². The number of amides is 1. The number of carbonyl (C=O) groups excluding carboxylic acids is 1. The number of nitrogen functional groups attached to an aromatic ring is 1. The zero-order valence-electron chi connectivity index (χ0n) is 14.8. The molecule has 0 saturated carbocycles. The third kappa shape index (κ3) is 3.85. The first-order chi connectivity index (χ1) is 12.0. The molecule has 2 heterocycles. The number of rotatable bonds is 5. The molecule has 3 rings (SSSR count). The van der Waals surface area contributed by atoms with Crippen molar-refractivity contribution in [2.24, 2.45) is 0 Å². The molecule has 8 nitrogen and oxygen atoms in total. The number of aromatic nitrogens is 4. The number of aryl methyl sites for hydroxylation is 2. The maximum atomic E-state index is 12.3. The number of hydrogen-bond donors (Lipinski definition) is 2. The van der Waals surface area contributed by atoms with E-state index >= 15 is 0 Å². The van der Waals surface area contributed by atoms with Crippen LogP contribution in [-0.2, 0) is 11.2 Å². The van der Waals surface area contributed by atoms with Gasteiger partial charge in [0.15, 0.2) is 0 Å². The molecule has 0 radical (unpaired) electrons. The summed E-state index contributed by atoms with van der Waals surface area (Å²) in [4.78, 5) is 20.8. The van der Waals surface area contributed by atoms with E-state index in [1.165, 1.54) is 6.33 Å². The first kappa shape index (κ1) is 19.5. The van der Waals surface area contributed by atoms with E-state index in [4.69, 9.17) is 10.5 Å². The average molecular weight is 377 g/mol. The number of ether oxygens (including phenoxy) is 1. The maximum Gasteiger partial charge on any atom is 0.252 e. The van der Waals surface area contributed by atoms with Gasteiger partial charge in [-0.3, -0.25) is 4.79 Å². The van der Waals surface area contributed by atoms with E-state index < -0.39 is 0 Å². The van der Waals surface area contributed by atoms with Gasteiger partial charge in [0.05, 0.1) is 18.5 Å². The van der Waals surface area contributed by atoms with E-state index in [2.05, 4.69) is 20.4 Å². The van der Waals surface area contributed by atoms with Crippen LogP contribution in [0.25, 0.3) is 5.78 Å². The molecule has 0 unspecified atom stereocenters. The number of hydrogen-bond acceptors (Lipinski definition) is 6. The highest BCUT2D eigenvalue weighted by Crippen LogP contribution is 2.24. The van der Waals surface area contributed by atoms with Gasteiger partial charge in [0, 0.05) is 23.9 Å². The largest absolute Gasteiger partial charge is 0.497 e. The predicted octanol–water partition coefficient (Wildman–Crippen LogP) is 2.33. The van der Waals surface area contributed by atoms with Gasteiger partial charge in [-0.25, -0.2) is 9.50 Å². The van der Waals surface area contributed by atoms with E-state index in [9.17, 15) is 4.79 Å². The Morgan fingerprint density at radius 1 is 1.35 bits per heavy atom. The second kappa shape index (κ2) is 8.01. The fourth-order valence-electron chi connectivity index (χ4n) is 2.74. The Morgan fingerprint density at radius 2 is 2.12 bits per heavy atom. The Hall–Kier alpha value is -2.87. The minimum Gasteiger partial charge on any atom is -0.497 e. The Bertz CT molecular complexity index is 940. The standard InChI is InChI=1S/C17H20N6O2.ClH/c1-10-13(11(2)23-17(21-10)19-9-20-23)5-7-16(24)22-15-8-12(25-3)4-6-14(15)18;/h4,6,8-9H,5,7,18H2,1-3H3,(H,22,24);1H. The quantitative estimate of drug-likeness (QED) is 0.661. The number of fused-ring (bicyclic) bond motifs is 1. The van der Waals surface area contributed by atoms with Crippen LogP contribution in [-0.4, -0.2) is 32.6 Å². The molecule has 0 saturated heterocycles. The summed E-state index contributed by atoms with van der Waals surface area (Å²) in [7, 11) is 1.57. The molecule has 9 heteroatoms. The summed E-state index contributed by atoms with van der Waals surface area (Å²) in [6.45, 7) is 3.86. The topological polar surface area (TPSA) is 107 Å². The normalized spacial score (nSPS) is 10.4. The van der Waals surface area contributed by atoms with Crippen LogP contribution in [0.4, 0.5) is 11.4 Å². The lowest BCUT2D eigenvalue weighted by atomic mass is 10.1. The number of carbonyl (C=O) groups is 1. The van der Waals surface area contributed by atoms with E-state index in [0.29, 0.717) is 35.7 Å². The molecule has 0 bridgehead atoms. The molecule has 138 valence electrons. The molecular formula is C17H21ClN6O2. The molecule has 1 aromatic carbocycles. The molecule has 0 aliphatic heterocycles. The number of benzene rings is 1. The van der Waals surface area contributed by atoms with E-state index in [1.807, 2.05) is 13.8 Å². The summed E-state index contributed by atoms with van der Waals surface area (Å²) in [5.74, 6) is 1.07. The van der Waals surface area contributed by atoms with Gasteiger partial charge in [-0.05, 0) is 38.0 Å². The number of anilines is 2. The molecule has 0 spiro atoms. The monoisotopic (exact) mass is 376 g/mol. The Kier molecular flexibility index (Phi) is 5.99. The number of nitrogens with one attached hydrogen (secondary N) is 1. The summed E-state index contributed by atoms with van der Waals surface area (Å²) in [6, 6.07) is 5.15. The molecular weight excluding hydrogens is 356 g/mol. The van der Waals surface area contributed by atoms with Crippen LogP contribution in [0, 0.1) is 13.8 Å². The van der Waals surface area contributed by atoms with Crippen LogP contribution >= 0.6 is 12.4 Å². The van der Waals surface area contributed by atoms with Crippen molar-refractivity contribution in [1.82, 2.24) is 19.6 Å². The third-order valence-corrected chi connectivity index (χ3v) is 4.13. The van der Waals surface area contributed by atoms with Gasteiger partial charge in [0.25, 0.3) is 5.78 Å². The maximum absolute atomic E-state index is 12.3. The second-order valence-electron chi connectivity index (χ2n) is 5.73. The first-order valence-corrected chi connectivity index (χ1v) is 7.88. The van der Waals surface area contributed by atoms with Gasteiger partial charge in [-0.15, -0.1) is 12.4 Å². The Labute approximate surface area is 157 Å². The van der Waals surface area contributed by atoms with Crippen molar-refractivity contribution in [1.29, 1.82) is 0 Å². The minimum atomic E-state index is -0.127. The summed E-state index contributed by atoms with van der Waals surface area (Å²) >= 11 is 0. The lowest BCUT2D eigenvalue weighted by Crippen LogP contribution is -2.15. The van der Waals surface area contributed by atoms with Gasteiger partial charge in [0.2, 0.25) is 5.91 Å². The van der Waals surface area contributed by atoms with Gasteiger partial charge in [-0.2, -0.15) is 10.1 Å². The second-order valence-corrected chi connectivity index (χ2v) is 5.73. The Morgan fingerprint density at radius 3 is 2.85 bits per heavy atom. The number of methoxy groups -OCH3 is 1. The van der Waals surface area contributed by atoms with Crippen molar-refractivity contribution in [2.45, 2.75) is 26.7 Å². The summed E-state index contributed by atoms with van der Waals surface area (Å²) in [5, 5.41) is 6.98. The fourth-order valence-corrected chi connectivity index (χ4v) is 2.74. The molecule has 0 aliphatic carbocycles. The van der Waals surface area contributed by atoms with Crippen LogP contribution in [0.5, 0.6) is 5.75 Å². The summed E-state index contributed by atoms with van der Waals surface area (Å²) in [6.07, 6.45) is 2.33. The molecule has 2 aromatic heterocycles. The highest BCUT2D eigenvalue weighted by molar-refractivity contribution is 5.94. The molecule has 0 fully saturated rings. The van der Waals surface area contributed by atoms with Crippen molar-refractivity contribution in [3.8, 4) is 5.75 Å². The SMILES string of the molecule is COc1ccc(N)c(NC(=O)CCc2c(C)nc3ncnn3c2C)c1.Cl. The van der Waals surface area contributed by atoms with Crippen LogP contribution in [0.15, 0.2) is 24.5 Å². The van der Waals surface area contributed by atoms with Gasteiger partial charge >= 0.3 is 0 Å². The van der Waals surface area contributed by atoms with E-state index in [1.54, 1.807) is 29.8 Å². The van der Waals surface area contributed by atoms with Crippen molar-refractivity contribution >= 4 is 35.5 Å². The molecule has 3 aromatic rings. The first-order valence-electron chi connectivity index (χ1n) is 7.88. The lowest BCUT2D eigenvalue weighted by molar-refractivity contribution is -0.116. The minimum absolute atomic E-state index is 0. The van der Waals surface area contributed by atoms with Gasteiger partial charge in [0.1, 0.15) is 12.1 Å². The zero-order chi connectivity index (χ0) is 18.0. The smallest absolute Gasteiger partial charge is 0.252 e. The molecule has 0 aliphatic rings. The highest BCUT2D eigenvalue weighted by Gasteiger charge is 2.13. The molecule has 3 N–H and O–H groups in total. The lowest BCUT2D eigenvalue weighted by Gasteiger charge is -2.12. The third-order valence-electron chi connectivity index (χ3n) is 4.13. The number of nitrogens with zero attached hydrogens (tertiary/aromatic N) is 4. The molecule has 0 atom stereocenters. The van der Waals surface area contributed by atoms with E-state index in [0.717, 1.165) is 17.0 Å². The van der Waals surface area contributed by atoms with Crippen molar-refractivity contribution in [3.05, 3.63) is 41.5 Å². The van der Waals surface area contributed by atoms with Gasteiger partial charge in [-0.1, -0.05) is 0 Å². The fraction of sp³-hybridized carbons (Fsp3) is 0.294. The van der Waals surface area contributed by atoms with Crippen molar-refractivity contribution < 1.29 is 9.53 Å². The Balaban J connectivity index is 0.00000243. The summed E-state index contributed by atoms with van der Waals surface area (Å²) < 4.78 is 6.84. The zero-order valence-corrected chi connectivity index (χ0v) is 15.6.